The number of carboxylic acids is 1. The molecule has 1 heterocycles. The van der Waals surface area contributed by atoms with Gasteiger partial charge in [0.05, 0.1) is 11.0 Å². The fraction of sp³-hybridized carbons (Fsp3) is 0.0385. The Morgan fingerprint density at radius 3 is 2.14 bits per heavy atom. The van der Waals surface area contributed by atoms with Crippen molar-refractivity contribution < 1.29 is 32.6 Å². The van der Waals surface area contributed by atoms with E-state index in [1.54, 1.807) is 18.2 Å². The van der Waals surface area contributed by atoms with Crippen LogP contribution in [0.25, 0.3) is 33.2 Å². The molecule has 0 saturated heterocycles. The van der Waals surface area contributed by atoms with Crippen LogP contribution in [-0.2, 0) is 4.79 Å². The zero-order valence-electron chi connectivity index (χ0n) is 18.4. The topological polar surface area (TPSA) is 118 Å². The number of carbonyl (C=O) groups excluding carboxylic acids is 1. The second-order valence-corrected chi connectivity index (χ2v) is 7.62. The average molecular weight is 493 g/mol. The van der Waals surface area contributed by atoms with Gasteiger partial charge in [-0.25, -0.2) is 9.78 Å². The summed E-state index contributed by atoms with van der Waals surface area (Å²) in [5.74, 6) is -0.958. The van der Waals surface area contributed by atoms with Crippen molar-refractivity contribution in [3.05, 3.63) is 90.5 Å². The van der Waals surface area contributed by atoms with E-state index in [2.05, 4.69) is 22.1 Å². The zero-order valence-corrected chi connectivity index (χ0v) is 18.4. The van der Waals surface area contributed by atoms with Gasteiger partial charge < -0.3 is 20.6 Å². The second-order valence-electron chi connectivity index (χ2n) is 7.62. The van der Waals surface area contributed by atoms with Crippen LogP contribution < -0.4 is 10.5 Å². The molecule has 1 aromatic heterocycles. The number of amides is 1. The van der Waals surface area contributed by atoms with Crippen LogP contribution >= 0.6 is 0 Å². The van der Waals surface area contributed by atoms with Crippen LogP contribution in [0.4, 0.5) is 13.2 Å². The first kappa shape index (κ1) is 24.3. The Morgan fingerprint density at radius 2 is 1.50 bits per heavy atom. The number of alkyl halides is 3. The molecule has 4 N–H and O–H groups in total. The molecule has 0 bridgehead atoms. The Morgan fingerprint density at radius 1 is 0.861 bits per heavy atom. The quantitative estimate of drug-likeness (QED) is 0.288. The fourth-order valence-corrected chi connectivity index (χ4v) is 3.35. The molecule has 0 unspecified atom stereocenters. The SMILES string of the molecule is NC(=O)c1ccc2nc(-c3ccc(Oc4ccc5ccccc5c4)cc3)[nH]c2c1.O=C(O)C(F)(F)F. The standard InChI is InChI=1S/C24H17N3O2.C2HF3O2/c25-23(28)18-8-12-21-22(14-18)27-24(26-21)16-6-9-19(10-7-16)29-20-11-5-15-3-1-2-4-17(15)13-20;3-2(4,5)1(6)7/h1-14H,(H2,25,28)(H,26,27);(H,6,7). The minimum Gasteiger partial charge on any atom is -0.475 e. The van der Waals surface area contributed by atoms with Crippen LogP contribution in [0.5, 0.6) is 11.5 Å². The van der Waals surface area contributed by atoms with Crippen molar-refractivity contribution in [2.24, 2.45) is 5.73 Å². The third-order valence-electron chi connectivity index (χ3n) is 5.09. The Hall–Kier alpha value is -4.86. The number of carbonyl (C=O) groups is 2. The van der Waals surface area contributed by atoms with E-state index in [4.69, 9.17) is 20.4 Å². The molecular weight excluding hydrogens is 475 g/mol. The molecule has 0 atom stereocenters. The summed E-state index contributed by atoms with van der Waals surface area (Å²) >= 11 is 0. The van der Waals surface area contributed by atoms with Gasteiger partial charge in [0.2, 0.25) is 5.91 Å². The van der Waals surface area contributed by atoms with Gasteiger partial charge in [0, 0.05) is 11.1 Å². The van der Waals surface area contributed by atoms with E-state index in [1.807, 2.05) is 54.6 Å². The van der Waals surface area contributed by atoms with Gasteiger partial charge in [-0.05, 0) is 65.4 Å². The van der Waals surface area contributed by atoms with Crippen molar-refractivity contribution in [3.63, 3.8) is 0 Å². The number of primary amides is 1. The number of hydrogen-bond donors (Lipinski definition) is 3. The van der Waals surface area contributed by atoms with Crippen LogP contribution in [0.3, 0.4) is 0 Å². The zero-order chi connectivity index (χ0) is 25.9. The van der Waals surface area contributed by atoms with Crippen molar-refractivity contribution in [1.29, 1.82) is 0 Å². The number of nitrogens with zero attached hydrogens (tertiary/aromatic N) is 1. The normalized spacial score (nSPS) is 11.1. The van der Waals surface area contributed by atoms with Gasteiger partial charge >= 0.3 is 12.1 Å². The highest BCUT2D eigenvalue weighted by Crippen LogP contribution is 2.28. The smallest absolute Gasteiger partial charge is 0.475 e. The highest BCUT2D eigenvalue weighted by molar-refractivity contribution is 5.96. The van der Waals surface area contributed by atoms with Gasteiger partial charge in [-0.3, -0.25) is 4.79 Å². The first-order valence-electron chi connectivity index (χ1n) is 10.5. The van der Waals surface area contributed by atoms with Crippen molar-refractivity contribution in [3.8, 4) is 22.9 Å². The van der Waals surface area contributed by atoms with Crippen LogP contribution in [0.15, 0.2) is 84.9 Å². The molecule has 5 aromatic rings. The number of nitrogens with two attached hydrogens (primary N) is 1. The van der Waals surface area contributed by atoms with E-state index in [0.29, 0.717) is 5.56 Å². The molecule has 0 fully saturated rings. The summed E-state index contributed by atoms with van der Waals surface area (Å²) in [5, 5.41) is 9.44. The molecule has 10 heteroatoms. The molecule has 0 aliphatic heterocycles. The lowest BCUT2D eigenvalue weighted by Crippen LogP contribution is -2.21. The number of benzene rings is 4. The maximum atomic E-state index is 11.4. The summed E-state index contributed by atoms with van der Waals surface area (Å²) in [6.07, 6.45) is -5.08. The number of imidazole rings is 1. The molecule has 7 nitrogen and oxygen atoms in total. The van der Waals surface area contributed by atoms with Gasteiger partial charge in [0.15, 0.2) is 0 Å². The van der Waals surface area contributed by atoms with Crippen LogP contribution in [0.2, 0.25) is 0 Å². The molecule has 0 radical (unpaired) electrons. The van der Waals surface area contributed by atoms with Crippen LogP contribution in [-0.4, -0.2) is 33.1 Å². The van der Waals surface area contributed by atoms with Crippen LogP contribution in [0, 0.1) is 0 Å². The number of rotatable bonds is 4. The number of ether oxygens (including phenoxy) is 1. The van der Waals surface area contributed by atoms with Crippen molar-refractivity contribution >= 4 is 33.7 Å². The number of aromatic amines is 1. The number of fused-ring (bicyclic) bond motifs is 2. The summed E-state index contributed by atoms with van der Waals surface area (Å²) in [7, 11) is 0. The van der Waals surface area contributed by atoms with E-state index in [9.17, 15) is 18.0 Å². The predicted octanol–water partition coefficient (Wildman–Crippen LogP) is 5.91. The number of H-pyrrole nitrogens is 1. The summed E-state index contributed by atoms with van der Waals surface area (Å²) in [6.45, 7) is 0. The Labute approximate surface area is 202 Å². The second kappa shape index (κ2) is 9.79. The van der Waals surface area contributed by atoms with Gasteiger partial charge in [-0.15, -0.1) is 0 Å². The van der Waals surface area contributed by atoms with Gasteiger partial charge in [-0.1, -0.05) is 30.3 Å². The maximum Gasteiger partial charge on any atom is 0.490 e. The van der Waals surface area contributed by atoms with E-state index >= 15 is 0 Å². The first-order chi connectivity index (χ1) is 17.1. The number of aromatic nitrogens is 2. The fourth-order valence-electron chi connectivity index (χ4n) is 3.35. The monoisotopic (exact) mass is 493 g/mol. The van der Waals surface area contributed by atoms with Gasteiger partial charge in [0.25, 0.3) is 0 Å². The summed E-state index contributed by atoms with van der Waals surface area (Å²) in [4.78, 5) is 28.1. The first-order valence-corrected chi connectivity index (χ1v) is 10.5. The molecule has 1 amide bonds. The number of carboxylic acid groups (broad SMARTS) is 1. The highest BCUT2D eigenvalue weighted by Gasteiger charge is 2.38. The predicted molar refractivity (Wildman–Crippen MR) is 128 cm³/mol. The van der Waals surface area contributed by atoms with Gasteiger partial charge in [0.1, 0.15) is 17.3 Å². The van der Waals surface area contributed by atoms with E-state index in [0.717, 1.165) is 39.3 Å². The molecule has 0 aliphatic rings. The minimum atomic E-state index is -5.08. The Balaban J connectivity index is 0.000000384. The number of nitrogens with one attached hydrogen (secondary N) is 1. The van der Waals surface area contributed by atoms with E-state index in [1.165, 1.54) is 5.39 Å². The lowest BCUT2D eigenvalue weighted by molar-refractivity contribution is -0.192. The summed E-state index contributed by atoms with van der Waals surface area (Å²) in [5.41, 5.74) is 8.27. The third kappa shape index (κ3) is 5.61. The number of hydrogen-bond acceptors (Lipinski definition) is 4. The minimum absolute atomic E-state index is 0.451. The lowest BCUT2D eigenvalue weighted by Gasteiger charge is -2.07. The van der Waals surface area contributed by atoms with Crippen molar-refractivity contribution in [2.45, 2.75) is 6.18 Å². The van der Waals surface area contributed by atoms with Crippen LogP contribution in [0.1, 0.15) is 10.4 Å². The molecule has 5 rings (SSSR count). The molecular formula is C26H18F3N3O4. The molecule has 4 aromatic carbocycles. The Kier molecular flexibility index (Phi) is 6.60. The molecule has 0 spiro atoms. The summed E-state index contributed by atoms with van der Waals surface area (Å²) in [6, 6.07) is 27.1. The van der Waals surface area contributed by atoms with Crippen molar-refractivity contribution in [1.82, 2.24) is 9.97 Å². The lowest BCUT2D eigenvalue weighted by atomic mass is 10.1. The van der Waals surface area contributed by atoms with Gasteiger partial charge in [-0.2, -0.15) is 13.2 Å². The number of halogens is 3. The van der Waals surface area contributed by atoms with E-state index in [-0.39, 0.29) is 0 Å². The average Bonchev–Trinajstić information content (AvgIpc) is 3.28. The van der Waals surface area contributed by atoms with Crippen molar-refractivity contribution in [2.75, 3.05) is 0 Å². The molecule has 182 valence electrons. The third-order valence-corrected chi connectivity index (χ3v) is 5.09. The molecule has 0 saturated carbocycles. The highest BCUT2D eigenvalue weighted by atomic mass is 19.4. The molecule has 36 heavy (non-hydrogen) atoms. The number of aliphatic carboxylic acids is 1. The summed E-state index contributed by atoms with van der Waals surface area (Å²) < 4.78 is 37.7. The molecule has 0 aliphatic carbocycles. The van der Waals surface area contributed by atoms with E-state index < -0.39 is 18.1 Å². The maximum absolute atomic E-state index is 11.4. The largest absolute Gasteiger partial charge is 0.490 e. The Bertz CT molecular complexity index is 1560.